The summed E-state index contributed by atoms with van der Waals surface area (Å²) in [5, 5.41) is 23.2. The van der Waals surface area contributed by atoms with E-state index in [0.29, 0.717) is 15.5 Å². The van der Waals surface area contributed by atoms with Crippen LogP contribution >= 0.6 is 11.8 Å². The van der Waals surface area contributed by atoms with Crippen LogP contribution in [-0.2, 0) is 15.4 Å². The number of aryl methyl sites for hydroxylation is 1. The zero-order valence-electron chi connectivity index (χ0n) is 13.7. The lowest BCUT2D eigenvalue weighted by atomic mass is 10.0. The molecule has 0 radical (unpaired) electrons. The average Bonchev–Trinajstić information content (AvgIpc) is 3.11. The molecule has 2 aromatic rings. The molecule has 0 amide bonds. The van der Waals surface area contributed by atoms with Gasteiger partial charge in [0.1, 0.15) is 16.9 Å². The minimum absolute atomic E-state index is 0.0846. The number of nitrogens with zero attached hydrogens (tertiary/aromatic N) is 2. The van der Waals surface area contributed by atoms with E-state index in [1.54, 1.807) is 12.2 Å². The van der Waals surface area contributed by atoms with Crippen molar-refractivity contribution in [2.45, 2.75) is 11.8 Å². The van der Waals surface area contributed by atoms with Crippen LogP contribution in [-0.4, -0.2) is 14.4 Å². The number of aromatic hydroxyl groups is 1. The number of oxime groups is 1. The molecule has 0 aliphatic carbocycles. The van der Waals surface area contributed by atoms with Gasteiger partial charge in [-0.3, -0.25) is 4.28 Å². The molecule has 1 unspecified atom stereocenters. The Labute approximate surface area is 158 Å². The molecule has 130 valence electrons. The fourth-order valence-corrected chi connectivity index (χ4v) is 3.75. The standard InChI is InChI=1S/C19H14N2O3S2/c1-13-4-2-3-5-16(13)17(12-20)18-10-11-19(25-18)21-24-26(23)15-8-6-14(22)7-9-15/h2-11,22H,1H3. The summed E-state index contributed by atoms with van der Waals surface area (Å²) in [7, 11) is 0. The van der Waals surface area contributed by atoms with Crippen molar-refractivity contribution >= 4 is 33.5 Å². The highest BCUT2D eigenvalue weighted by Gasteiger charge is 2.17. The Hall–Kier alpha value is -2.82. The summed E-state index contributed by atoms with van der Waals surface area (Å²) in [4.78, 5) is 1.16. The van der Waals surface area contributed by atoms with E-state index in [1.165, 1.54) is 36.0 Å². The van der Waals surface area contributed by atoms with Gasteiger partial charge in [-0.15, -0.1) is 0 Å². The summed E-state index contributed by atoms with van der Waals surface area (Å²) in [5.74, 6) is 0.0846. The van der Waals surface area contributed by atoms with E-state index in [1.807, 2.05) is 31.2 Å². The molecule has 7 heteroatoms. The van der Waals surface area contributed by atoms with E-state index in [0.717, 1.165) is 16.0 Å². The number of benzene rings is 2. The largest absolute Gasteiger partial charge is 0.508 e. The van der Waals surface area contributed by atoms with Gasteiger partial charge in [0, 0.05) is 4.91 Å². The molecule has 1 heterocycles. The minimum atomic E-state index is -1.78. The quantitative estimate of drug-likeness (QED) is 0.630. The third-order valence-corrected chi connectivity index (χ3v) is 5.44. The number of nitriles is 1. The Bertz CT molecular complexity index is 987. The lowest BCUT2D eigenvalue weighted by molar-refractivity contribution is 0.376. The van der Waals surface area contributed by atoms with Crippen molar-refractivity contribution in [3.63, 3.8) is 0 Å². The normalized spacial score (nSPS) is 17.8. The predicted octanol–water partition coefficient (Wildman–Crippen LogP) is 4.29. The minimum Gasteiger partial charge on any atom is -0.508 e. The Balaban J connectivity index is 1.76. The molecule has 3 rings (SSSR count). The van der Waals surface area contributed by atoms with Gasteiger partial charge in [-0.25, -0.2) is 4.21 Å². The molecule has 1 aliphatic heterocycles. The molecular formula is C19H14N2O3S2. The monoisotopic (exact) mass is 382 g/mol. The first-order valence-corrected chi connectivity index (χ1v) is 9.50. The third kappa shape index (κ3) is 4.04. The molecule has 0 aromatic heterocycles. The van der Waals surface area contributed by atoms with Gasteiger partial charge in [0.25, 0.3) is 11.1 Å². The fraction of sp³-hybridized carbons (Fsp3) is 0.0526. The van der Waals surface area contributed by atoms with Crippen LogP contribution in [0.15, 0.2) is 75.6 Å². The van der Waals surface area contributed by atoms with Crippen LogP contribution in [0.4, 0.5) is 0 Å². The van der Waals surface area contributed by atoms with E-state index < -0.39 is 11.1 Å². The molecular weight excluding hydrogens is 368 g/mol. The Morgan fingerprint density at radius 2 is 1.92 bits per heavy atom. The summed E-state index contributed by atoms with van der Waals surface area (Å²) in [6.07, 6.45) is 3.50. The van der Waals surface area contributed by atoms with Crippen LogP contribution in [0.5, 0.6) is 5.75 Å². The summed E-state index contributed by atoms with van der Waals surface area (Å²) < 4.78 is 17.1. The molecule has 0 spiro atoms. The molecule has 0 saturated heterocycles. The summed E-state index contributed by atoms with van der Waals surface area (Å²) in [6.45, 7) is 1.95. The first-order valence-electron chi connectivity index (χ1n) is 7.61. The SMILES string of the molecule is Cc1ccccc1C(C#N)=C1C=CC(=NOS(=O)c2ccc(O)cc2)S1. The highest BCUT2D eigenvalue weighted by molar-refractivity contribution is 8.18. The second kappa shape index (κ2) is 8.04. The smallest absolute Gasteiger partial charge is 0.265 e. The van der Waals surface area contributed by atoms with E-state index in [-0.39, 0.29) is 5.75 Å². The molecule has 1 atom stereocenters. The maximum absolute atomic E-state index is 12.1. The molecule has 2 aromatic carbocycles. The number of rotatable bonds is 4. The van der Waals surface area contributed by atoms with Crippen molar-refractivity contribution in [1.82, 2.24) is 0 Å². The van der Waals surface area contributed by atoms with Gasteiger partial charge in [-0.05, 0) is 54.5 Å². The second-order valence-electron chi connectivity index (χ2n) is 5.33. The zero-order chi connectivity index (χ0) is 18.5. The molecule has 26 heavy (non-hydrogen) atoms. The predicted molar refractivity (Wildman–Crippen MR) is 103 cm³/mol. The zero-order valence-corrected chi connectivity index (χ0v) is 15.4. The third-order valence-electron chi connectivity index (χ3n) is 3.59. The number of hydrogen-bond donors (Lipinski definition) is 1. The average molecular weight is 382 g/mol. The van der Waals surface area contributed by atoms with Gasteiger partial charge in [0.15, 0.2) is 0 Å². The van der Waals surface area contributed by atoms with Crippen molar-refractivity contribution in [1.29, 1.82) is 5.26 Å². The van der Waals surface area contributed by atoms with Crippen molar-refractivity contribution in [2.24, 2.45) is 5.16 Å². The maximum atomic E-state index is 12.1. The number of thioether (sulfide) groups is 1. The number of allylic oxidation sites excluding steroid dienone is 2. The molecule has 1 aliphatic rings. The first kappa shape index (κ1) is 18.0. The first-order chi connectivity index (χ1) is 12.6. The van der Waals surface area contributed by atoms with Gasteiger partial charge < -0.3 is 5.11 Å². The topological polar surface area (TPSA) is 82.7 Å². The second-order valence-corrected chi connectivity index (χ2v) is 7.49. The van der Waals surface area contributed by atoms with Gasteiger partial charge in [0.2, 0.25) is 0 Å². The summed E-state index contributed by atoms with van der Waals surface area (Å²) in [5.41, 5.74) is 2.45. The Morgan fingerprint density at radius 3 is 2.62 bits per heavy atom. The molecule has 0 bridgehead atoms. The molecule has 1 N–H and O–H groups in total. The highest BCUT2D eigenvalue weighted by Crippen LogP contribution is 2.34. The lowest BCUT2D eigenvalue weighted by Gasteiger charge is -2.05. The van der Waals surface area contributed by atoms with Crippen LogP contribution < -0.4 is 0 Å². The van der Waals surface area contributed by atoms with Gasteiger partial charge in [-0.1, -0.05) is 41.2 Å². The molecule has 0 fully saturated rings. The van der Waals surface area contributed by atoms with Gasteiger partial charge >= 0.3 is 0 Å². The summed E-state index contributed by atoms with van der Waals surface area (Å²) in [6, 6.07) is 15.8. The van der Waals surface area contributed by atoms with Gasteiger partial charge in [-0.2, -0.15) is 5.26 Å². The van der Waals surface area contributed by atoms with Crippen LogP contribution in [0.25, 0.3) is 5.57 Å². The lowest BCUT2D eigenvalue weighted by Crippen LogP contribution is -1.94. The summed E-state index contributed by atoms with van der Waals surface area (Å²) >= 11 is -0.495. The van der Waals surface area contributed by atoms with E-state index in [9.17, 15) is 14.6 Å². The Morgan fingerprint density at radius 1 is 1.19 bits per heavy atom. The van der Waals surface area contributed by atoms with Crippen molar-refractivity contribution < 1.29 is 13.6 Å². The Kier molecular flexibility index (Phi) is 5.56. The van der Waals surface area contributed by atoms with Gasteiger partial charge in [0.05, 0.1) is 10.5 Å². The van der Waals surface area contributed by atoms with E-state index in [2.05, 4.69) is 11.2 Å². The van der Waals surface area contributed by atoms with Crippen LogP contribution in [0.3, 0.4) is 0 Å². The van der Waals surface area contributed by atoms with Crippen molar-refractivity contribution in [3.05, 3.63) is 76.7 Å². The van der Waals surface area contributed by atoms with E-state index >= 15 is 0 Å². The fourth-order valence-electron chi connectivity index (χ4n) is 2.28. The van der Waals surface area contributed by atoms with Crippen molar-refractivity contribution in [3.8, 4) is 11.8 Å². The van der Waals surface area contributed by atoms with Crippen LogP contribution in [0.2, 0.25) is 0 Å². The van der Waals surface area contributed by atoms with E-state index in [4.69, 9.17) is 4.28 Å². The van der Waals surface area contributed by atoms with Crippen LogP contribution in [0.1, 0.15) is 11.1 Å². The number of phenolic OH excluding ortho intramolecular Hbond substituents is 1. The molecule has 5 nitrogen and oxygen atoms in total. The highest BCUT2D eigenvalue weighted by atomic mass is 32.2. The number of hydrogen-bond acceptors (Lipinski definition) is 6. The molecule has 0 saturated carbocycles. The van der Waals surface area contributed by atoms with Crippen molar-refractivity contribution in [2.75, 3.05) is 0 Å². The van der Waals surface area contributed by atoms with Crippen LogP contribution in [0, 0.1) is 18.3 Å². The number of phenols is 1. The maximum Gasteiger partial charge on any atom is 0.265 e.